The van der Waals surface area contributed by atoms with E-state index in [1.165, 1.54) is 0 Å². The Morgan fingerprint density at radius 3 is 2.76 bits per heavy atom. The van der Waals surface area contributed by atoms with Crippen LogP contribution in [-0.4, -0.2) is 30.4 Å². The third-order valence-corrected chi connectivity index (χ3v) is 3.31. The van der Waals surface area contributed by atoms with Gasteiger partial charge in [-0.05, 0) is 37.6 Å². The van der Waals surface area contributed by atoms with Crippen LogP contribution in [0, 0.1) is 6.92 Å². The number of hydrogen-bond acceptors (Lipinski definition) is 4. The number of hydrogen-bond donors (Lipinski definition) is 2. The molecule has 1 heterocycles. The first-order chi connectivity index (χ1) is 10.1. The van der Waals surface area contributed by atoms with Gasteiger partial charge in [0.1, 0.15) is 24.2 Å². The number of nitrogens with one attached hydrogen (secondary N) is 1. The van der Waals surface area contributed by atoms with Crippen molar-refractivity contribution in [1.29, 1.82) is 0 Å². The summed E-state index contributed by atoms with van der Waals surface area (Å²) in [5, 5.41) is 13.2. The highest BCUT2D eigenvalue weighted by atomic mass is 16.5. The van der Waals surface area contributed by atoms with Crippen molar-refractivity contribution in [3.8, 4) is 5.75 Å². The zero-order valence-corrected chi connectivity index (χ0v) is 12.6. The predicted molar refractivity (Wildman–Crippen MR) is 82.6 cm³/mol. The van der Waals surface area contributed by atoms with Crippen LogP contribution in [0.4, 0.5) is 0 Å². The Hall–Kier alpha value is -1.78. The Labute approximate surface area is 125 Å². The minimum Gasteiger partial charge on any atom is -0.491 e. The van der Waals surface area contributed by atoms with Gasteiger partial charge < -0.3 is 19.6 Å². The number of aryl methyl sites for hydroxylation is 1. The standard InChI is InChI=1S/C17H23NO3/c1-13-6-3-4-8-17(13)21-12-15(19)11-18-14(2)10-16-7-5-9-20-16/h3-9,14-15,18-19H,10-12H2,1-2H3. The molecule has 2 unspecified atom stereocenters. The second-order valence-corrected chi connectivity index (χ2v) is 5.32. The van der Waals surface area contributed by atoms with Crippen LogP contribution in [0.2, 0.25) is 0 Å². The summed E-state index contributed by atoms with van der Waals surface area (Å²) in [4.78, 5) is 0. The maximum atomic E-state index is 9.97. The molecule has 0 aliphatic heterocycles. The minimum absolute atomic E-state index is 0.240. The molecule has 0 saturated heterocycles. The third kappa shape index (κ3) is 5.25. The van der Waals surface area contributed by atoms with E-state index >= 15 is 0 Å². The lowest BCUT2D eigenvalue weighted by molar-refractivity contribution is 0.103. The minimum atomic E-state index is -0.538. The van der Waals surface area contributed by atoms with Gasteiger partial charge in [-0.25, -0.2) is 0 Å². The molecule has 2 atom stereocenters. The number of benzene rings is 1. The van der Waals surface area contributed by atoms with Crippen LogP contribution < -0.4 is 10.1 Å². The van der Waals surface area contributed by atoms with Gasteiger partial charge >= 0.3 is 0 Å². The second kappa shape index (κ2) is 7.86. The Morgan fingerprint density at radius 1 is 1.24 bits per heavy atom. The first kappa shape index (κ1) is 15.6. The number of aliphatic hydroxyl groups is 1. The molecule has 0 spiro atoms. The van der Waals surface area contributed by atoms with Gasteiger partial charge in [-0.1, -0.05) is 18.2 Å². The third-order valence-electron chi connectivity index (χ3n) is 3.31. The van der Waals surface area contributed by atoms with Crippen LogP contribution in [0.25, 0.3) is 0 Å². The first-order valence-electron chi connectivity index (χ1n) is 7.27. The molecule has 0 aliphatic carbocycles. The summed E-state index contributed by atoms with van der Waals surface area (Å²) in [6.45, 7) is 4.84. The maximum absolute atomic E-state index is 9.97. The van der Waals surface area contributed by atoms with Crippen molar-refractivity contribution in [1.82, 2.24) is 5.32 Å². The molecule has 2 rings (SSSR count). The Balaban J connectivity index is 1.67. The normalized spacial score (nSPS) is 13.9. The van der Waals surface area contributed by atoms with E-state index < -0.39 is 6.10 Å². The SMILES string of the molecule is Cc1ccccc1OCC(O)CNC(C)Cc1ccco1. The lowest BCUT2D eigenvalue weighted by Gasteiger charge is -2.17. The predicted octanol–water partition coefficient (Wildman–Crippen LogP) is 2.55. The molecular weight excluding hydrogens is 266 g/mol. The van der Waals surface area contributed by atoms with E-state index in [2.05, 4.69) is 12.2 Å². The Kier molecular flexibility index (Phi) is 5.84. The van der Waals surface area contributed by atoms with Crippen LogP contribution in [0.5, 0.6) is 5.75 Å². The highest BCUT2D eigenvalue weighted by Crippen LogP contribution is 2.16. The molecule has 0 amide bonds. The number of ether oxygens (including phenoxy) is 1. The number of aliphatic hydroxyl groups excluding tert-OH is 1. The van der Waals surface area contributed by atoms with Crippen molar-refractivity contribution in [3.63, 3.8) is 0 Å². The molecule has 4 heteroatoms. The van der Waals surface area contributed by atoms with E-state index in [1.54, 1.807) is 6.26 Å². The molecule has 0 bridgehead atoms. The molecule has 1 aromatic heterocycles. The van der Waals surface area contributed by atoms with Gasteiger partial charge in [0.25, 0.3) is 0 Å². The molecule has 4 nitrogen and oxygen atoms in total. The molecule has 2 aromatic rings. The molecule has 1 aromatic carbocycles. The van der Waals surface area contributed by atoms with Gasteiger partial charge in [0.05, 0.1) is 6.26 Å². The fourth-order valence-electron chi connectivity index (χ4n) is 2.10. The van der Waals surface area contributed by atoms with Crippen LogP contribution in [-0.2, 0) is 6.42 Å². The van der Waals surface area contributed by atoms with E-state index in [1.807, 2.05) is 43.3 Å². The number of rotatable bonds is 8. The highest BCUT2D eigenvalue weighted by Gasteiger charge is 2.10. The number of furan rings is 1. The summed E-state index contributed by atoms with van der Waals surface area (Å²) in [5.74, 6) is 1.76. The van der Waals surface area contributed by atoms with Gasteiger partial charge in [0.2, 0.25) is 0 Å². The first-order valence-corrected chi connectivity index (χ1v) is 7.27. The second-order valence-electron chi connectivity index (χ2n) is 5.32. The van der Waals surface area contributed by atoms with E-state index in [9.17, 15) is 5.11 Å². The maximum Gasteiger partial charge on any atom is 0.122 e. The lowest BCUT2D eigenvalue weighted by atomic mass is 10.2. The van der Waals surface area contributed by atoms with Gasteiger partial charge in [-0.15, -0.1) is 0 Å². The smallest absolute Gasteiger partial charge is 0.122 e. The average molecular weight is 289 g/mol. The molecular formula is C17H23NO3. The van der Waals surface area contributed by atoms with E-state index in [4.69, 9.17) is 9.15 Å². The van der Waals surface area contributed by atoms with E-state index in [0.717, 1.165) is 23.5 Å². The van der Waals surface area contributed by atoms with Gasteiger partial charge in [-0.3, -0.25) is 0 Å². The van der Waals surface area contributed by atoms with Crippen LogP contribution in [0.3, 0.4) is 0 Å². The van der Waals surface area contributed by atoms with Crippen molar-refractivity contribution in [2.45, 2.75) is 32.4 Å². The molecule has 114 valence electrons. The van der Waals surface area contributed by atoms with Crippen molar-refractivity contribution < 1.29 is 14.3 Å². The van der Waals surface area contributed by atoms with Crippen molar-refractivity contribution in [3.05, 3.63) is 54.0 Å². The summed E-state index contributed by atoms with van der Waals surface area (Å²) in [5.41, 5.74) is 1.07. The van der Waals surface area contributed by atoms with Gasteiger partial charge in [-0.2, -0.15) is 0 Å². The number of para-hydroxylation sites is 1. The summed E-state index contributed by atoms with van der Waals surface area (Å²) in [7, 11) is 0. The van der Waals surface area contributed by atoms with Crippen molar-refractivity contribution in [2.75, 3.05) is 13.2 Å². The molecule has 0 aliphatic rings. The Morgan fingerprint density at radius 2 is 2.05 bits per heavy atom. The topological polar surface area (TPSA) is 54.6 Å². The fraction of sp³-hybridized carbons (Fsp3) is 0.412. The van der Waals surface area contributed by atoms with Crippen molar-refractivity contribution in [2.24, 2.45) is 0 Å². The van der Waals surface area contributed by atoms with Gasteiger partial charge in [0, 0.05) is 19.0 Å². The molecule has 2 N–H and O–H groups in total. The van der Waals surface area contributed by atoms with E-state index in [0.29, 0.717) is 6.54 Å². The molecule has 21 heavy (non-hydrogen) atoms. The summed E-state index contributed by atoms with van der Waals surface area (Å²) in [6.07, 6.45) is 1.94. The largest absolute Gasteiger partial charge is 0.491 e. The van der Waals surface area contributed by atoms with Crippen molar-refractivity contribution >= 4 is 0 Å². The zero-order chi connectivity index (χ0) is 15.1. The summed E-state index contributed by atoms with van der Waals surface area (Å²) < 4.78 is 10.9. The quantitative estimate of drug-likeness (QED) is 0.784. The summed E-state index contributed by atoms with van der Waals surface area (Å²) in [6, 6.07) is 11.9. The van der Waals surface area contributed by atoms with E-state index in [-0.39, 0.29) is 12.6 Å². The molecule has 0 radical (unpaired) electrons. The fourth-order valence-corrected chi connectivity index (χ4v) is 2.10. The zero-order valence-electron chi connectivity index (χ0n) is 12.6. The summed E-state index contributed by atoms with van der Waals surface area (Å²) >= 11 is 0. The molecule has 0 saturated carbocycles. The van der Waals surface area contributed by atoms with Gasteiger partial charge in [0.15, 0.2) is 0 Å². The van der Waals surface area contributed by atoms with Crippen LogP contribution in [0.15, 0.2) is 47.1 Å². The monoisotopic (exact) mass is 289 g/mol. The Bertz CT molecular complexity index is 525. The average Bonchev–Trinajstić information content (AvgIpc) is 2.97. The van der Waals surface area contributed by atoms with Crippen LogP contribution >= 0.6 is 0 Å². The lowest BCUT2D eigenvalue weighted by Crippen LogP contribution is -2.37. The van der Waals surface area contributed by atoms with Crippen LogP contribution in [0.1, 0.15) is 18.2 Å². The molecule has 0 fully saturated rings. The highest BCUT2D eigenvalue weighted by molar-refractivity contribution is 5.31.